The third-order valence-electron chi connectivity index (χ3n) is 1.57. The topological polar surface area (TPSA) is 19.9 Å². The molecule has 0 heterocycles. The van der Waals surface area contributed by atoms with Gasteiger partial charge in [-0.2, -0.15) is 0 Å². The van der Waals surface area contributed by atoms with Crippen LogP contribution < -0.4 is 0 Å². The molecule has 0 fully saturated rings. The van der Waals surface area contributed by atoms with Crippen LogP contribution in [-0.4, -0.2) is 11.5 Å². The highest BCUT2D eigenvalue weighted by molar-refractivity contribution is 6.20. The van der Waals surface area contributed by atoms with Gasteiger partial charge < -0.3 is 0 Å². The molecular formula is C8H16ClO. The summed E-state index contributed by atoms with van der Waals surface area (Å²) in [7, 11) is 0. The molecule has 0 N–H and O–H groups in total. The molecule has 1 nitrogen and oxygen atoms in total. The van der Waals surface area contributed by atoms with Crippen LogP contribution in [0.25, 0.3) is 0 Å². The first-order valence-electron chi connectivity index (χ1n) is 3.84. The zero-order valence-corrected chi connectivity index (χ0v) is 7.69. The lowest BCUT2D eigenvalue weighted by Gasteiger charge is -2.12. The number of halogens is 1. The lowest BCUT2D eigenvalue weighted by molar-refractivity contribution is 0.0946. The molecule has 0 aliphatic heterocycles. The van der Waals surface area contributed by atoms with Crippen molar-refractivity contribution in [2.75, 3.05) is 0 Å². The molecule has 0 aromatic carbocycles. The maximum atomic E-state index is 10.6. The molecule has 2 unspecified atom stereocenters. The van der Waals surface area contributed by atoms with E-state index in [1.807, 2.05) is 0 Å². The summed E-state index contributed by atoms with van der Waals surface area (Å²) in [5.74, 6) is 0.486. The minimum Gasteiger partial charge on any atom is -0.233 e. The molecule has 0 rings (SSSR count). The van der Waals surface area contributed by atoms with Crippen molar-refractivity contribution in [1.29, 1.82) is 0 Å². The molecule has 0 bridgehead atoms. The predicted molar refractivity (Wildman–Crippen MR) is 43.9 cm³/mol. The average Bonchev–Trinajstić information content (AvgIpc) is 1.82. The molecule has 0 amide bonds. The normalized spacial score (nSPS) is 17.4. The molecule has 61 valence electrons. The number of hydrogen-bond acceptors (Lipinski definition) is 0. The van der Waals surface area contributed by atoms with Crippen molar-refractivity contribution < 1.29 is 5.11 Å². The standard InChI is InChI=1S/C8H16ClO/c1-6(2)8(9)5-4-7(3)10/h6-8H,4-5H2,1-3H3. The summed E-state index contributed by atoms with van der Waals surface area (Å²) in [4.78, 5) is 0. The quantitative estimate of drug-likeness (QED) is 0.568. The second-order valence-electron chi connectivity index (χ2n) is 3.15. The number of rotatable bonds is 4. The number of hydrogen-bond donors (Lipinski definition) is 0. The summed E-state index contributed by atoms with van der Waals surface area (Å²) in [6.07, 6.45) is 1.09. The molecule has 10 heavy (non-hydrogen) atoms. The second-order valence-corrected chi connectivity index (χ2v) is 3.71. The SMILES string of the molecule is CC([O])CCC(Cl)C(C)C. The zero-order valence-electron chi connectivity index (χ0n) is 6.93. The van der Waals surface area contributed by atoms with Gasteiger partial charge in [-0.1, -0.05) is 13.8 Å². The van der Waals surface area contributed by atoms with Crippen molar-refractivity contribution in [3.8, 4) is 0 Å². The second kappa shape index (κ2) is 4.97. The Morgan fingerprint density at radius 1 is 1.20 bits per heavy atom. The summed E-state index contributed by atoms with van der Waals surface area (Å²) >= 11 is 5.92. The van der Waals surface area contributed by atoms with E-state index < -0.39 is 6.10 Å². The number of alkyl halides is 1. The summed E-state index contributed by atoms with van der Waals surface area (Å²) < 4.78 is 0. The van der Waals surface area contributed by atoms with Crippen LogP contribution in [0.2, 0.25) is 0 Å². The summed E-state index contributed by atoms with van der Waals surface area (Å²) in [5, 5.41) is 10.8. The highest BCUT2D eigenvalue weighted by atomic mass is 35.5. The van der Waals surface area contributed by atoms with Gasteiger partial charge in [0.15, 0.2) is 0 Å². The van der Waals surface area contributed by atoms with Crippen LogP contribution >= 0.6 is 11.6 Å². The summed E-state index contributed by atoms with van der Waals surface area (Å²) in [5.41, 5.74) is 0. The van der Waals surface area contributed by atoms with Gasteiger partial charge in [0.25, 0.3) is 0 Å². The molecule has 0 aromatic heterocycles. The molecule has 0 aliphatic rings. The van der Waals surface area contributed by atoms with Crippen LogP contribution in [0.1, 0.15) is 33.6 Å². The van der Waals surface area contributed by atoms with E-state index >= 15 is 0 Å². The fourth-order valence-electron chi connectivity index (χ4n) is 0.727. The van der Waals surface area contributed by atoms with Crippen molar-refractivity contribution in [1.82, 2.24) is 0 Å². The smallest absolute Gasteiger partial charge is 0.0902 e. The Labute approximate surface area is 68.4 Å². The third kappa shape index (κ3) is 5.07. The minimum absolute atomic E-state index is 0.177. The molecule has 1 radical (unpaired) electrons. The van der Waals surface area contributed by atoms with Gasteiger partial charge in [-0.25, -0.2) is 5.11 Å². The van der Waals surface area contributed by atoms with Crippen LogP contribution in [0.15, 0.2) is 0 Å². The van der Waals surface area contributed by atoms with Crippen LogP contribution in [-0.2, 0) is 5.11 Å². The van der Waals surface area contributed by atoms with Crippen LogP contribution in [0.4, 0.5) is 0 Å². The van der Waals surface area contributed by atoms with Crippen LogP contribution in [0.3, 0.4) is 0 Å². The van der Waals surface area contributed by atoms with Crippen molar-refractivity contribution in [2.24, 2.45) is 5.92 Å². The fraction of sp³-hybridized carbons (Fsp3) is 1.00. The van der Waals surface area contributed by atoms with Crippen molar-refractivity contribution >= 4 is 11.6 Å². The molecule has 0 spiro atoms. The Bertz CT molecular complexity index is 81.3. The molecule has 0 aliphatic carbocycles. The Morgan fingerprint density at radius 2 is 1.70 bits per heavy atom. The van der Waals surface area contributed by atoms with Gasteiger partial charge in [0.1, 0.15) is 0 Å². The van der Waals surface area contributed by atoms with Crippen molar-refractivity contribution in [3.05, 3.63) is 0 Å². The molecule has 2 heteroatoms. The van der Waals surface area contributed by atoms with Crippen molar-refractivity contribution in [3.63, 3.8) is 0 Å². The van der Waals surface area contributed by atoms with E-state index in [1.54, 1.807) is 6.92 Å². The first-order chi connectivity index (χ1) is 4.54. The fourth-order valence-corrected chi connectivity index (χ4v) is 0.853. The highest BCUT2D eigenvalue weighted by Crippen LogP contribution is 2.16. The molecular weight excluding hydrogens is 148 g/mol. The molecule has 0 saturated heterocycles. The zero-order chi connectivity index (χ0) is 8.15. The minimum atomic E-state index is -0.458. The van der Waals surface area contributed by atoms with E-state index in [-0.39, 0.29) is 5.38 Å². The van der Waals surface area contributed by atoms with Gasteiger partial charge in [0.05, 0.1) is 6.10 Å². The van der Waals surface area contributed by atoms with E-state index in [0.29, 0.717) is 12.3 Å². The lowest BCUT2D eigenvalue weighted by atomic mass is 10.0. The molecule has 2 atom stereocenters. The monoisotopic (exact) mass is 163 g/mol. The average molecular weight is 164 g/mol. The largest absolute Gasteiger partial charge is 0.233 e. The van der Waals surface area contributed by atoms with Crippen LogP contribution in [0, 0.1) is 5.92 Å². The van der Waals surface area contributed by atoms with E-state index in [1.165, 1.54) is 0 Å². The molecule has 0 aromatic rings. The summed E-state index contributed by atoms with van der Waals surface area (Å²) in [6, 6.07) is 0. The maximum Gasteiger partial charge on any atom is 0.0902 e. The van der Waals surface area contributed by atoms with Crippen molar-refractivity contribution in [2.45, 2.75) is 45.1 Å². The van der Waals surface area contributed by atoms with E-state index in [4.69, 9.17) is 11.6 Å². The highest BCUT2D eigenvalue weighted by Gasteiger charge is 2.10. The Morgan fingerprint density at radius 3 is 2.00 bits per heavy atom. The molecule has 0 saturated carbocycles. The first-order valence-corrected chi connectivity index (χ1v) is 4.27. The first kappa shape index (κ1) is 10.2. The van der Waals surface area contributed by atoms with E-state index in [9.17, 15) is 5.11 Å². The predicted octanol–water partition coefficient (Wildman–Crippen LogP) is 2.85. The van der Waals surface area contributed by atoms with Gasteiger partial charge >= 0.3 is 0 Å². The summed E-state index contributed by atoms with van der Waals surface area (Å²) in [6.45, 7) is 5.84. The van der Waals surface area contributed by atoms with Gasteiger partial charge in [-0.3, -0.25) is 0 Å². The Hall–Kier alpha value is 0.250. The lowest BCUT2D eigenvalue weighted by Crippen LogP contribution is -2.10. The van der Waals surface area contributed by atoms with E-state index in [0.717, 1.165) is 6.42 Å². The maximum absolute atomic E-state index is 10.6. The van der Waals surface area contributed by atoms with E-state index in [2.05, 4.69) is 13.8 Å². The van der Waals surface area contributed by atoms with Crippen LogP contribution in [0.5, 0.6) is 0 Å². The van der Waals surface area contributed by atoms with Gasteiger partial charge in [0, 0.05) is 5.38 Å². The third-order valence-corrected chi connectivity index (χ3v) is 2.29. The van der Waals surface area contributed by atoms with Gasteiger partial charge in [-0.15, -0.1) is 11.6 Å². The van der Waals surface area contributed by atoms with Gasteiger partial charge in [0.2, 0.25) is 0 Å². The van der Waals surface area contributed by atoms with Gasteiger partial charge in [-0.05, 0) is 25.7 Å². The Balaban J connectivity index is 3.30. The Kier molecular flexibility index (Phi) is 5.10.